The first-order valence-electron chi connectivity index (χ1n) is 13.1. The molecule has 0 aliphatic heterocycles. The summed E-state index contributed by atoms with van der Waals surface area (Å²) in [6, 6.07) is 24.5. The Bertz CT molecular complexity index is 1060. The Balaban J connectivity index is 1.93. The summed E-state index contributed by atoms with van der Waals surface area (Å²) in [5.41, 5.74) is -0.186. The van der Waals surface area contributed by atoms with E-state index in [1.807, 2.05) is 24.3 Å². The van der Waals surface area contributed by atoms with Crippen LogP contribution in [0.25, 0.3) is 0 Å². The molecular formula is C31H43NO4Si. The highest BCUT2D eigenvalue weighted by molar-refractivity contribution is 6.99. The lowest BCUT2D eigenvalue weighted by Gasteiger charge is -2.43. The van der Waals surface area contributed by atoms with Crippen molar-refractivity contribution in [2.24, 2.45) is 11.3 Å². The quantitative estimate of drug-likeness (QED) is 0.293. The summed E-state index contributed by atoms with van der Waals surface area (Å²) in [6.45, 7) is 16.0. The average Bonchev–Trinajstić information content (AvgIpc) is 3.35. The fraction of sp³-hybridized carbons (Fsp3) is 0.452. The predicted octanol–water partition coefficient (Wildman–Crippen LogP) is 6.95. The molecule has 2 aromatic carbocycles. The van der Waals surface area contributed by atoms with E-state index in [1.54, 1.807) is 6.26 Å². The number of carbonyl (C=O) groups is 1. The van der Waals surface area contributed by atoms with Crippen molar-refractivity contribution in [3.8, 4) is 0 Å². The molecular weight excluding hydrogens is 478 g/mol. The molecule has 1 heterocycles. The van der Waals surface area contributed by atoms with Gasteiger partial charge in [0.1, 0.15) is 5.76 Å². The van der Waals surface area contributed by atoms with E-state index in [-0.39, 0.29) is 16.4 Å². The largest absolute Gasteiger partial charge is 0.467 e. The lowest BCUT2D eigenvalue weighted by molar-refractivity contribution is 0.0694. The van der Waals surface area contributed by atoms with Crippen LogP contribution >= 0.6 is 0 Å². The van der Waals surface area contributed by atoms with Gasteiger partial charge in [0.05, 0.1) is 12.3 Å². The van der Waals surface area contributed by atoms with Crippen LogP contribution in [0.2, 0.25) is 5.04 Å². The molecule has 0 fully saturated rings. The summed E-state index contributed by atoms with van der Waals surface area (Å²) in [5, 5.41) is 12.5. The molecule has 5 nitrogen and oxygen atoms in total. The van der Waals surface area contributed by atoms with Crippen molar-refractivity contribution in [2.45, 2.75) is 66.0 Å². The molecule has 0 bridgehead atoms. The molecule has 3 aromatic rings. The number of furan rings is 1. The van der Waals surface area contributed by atoms with E-state index in [2.05, 4.69) is 97.0 Å². The molecule has 200 valence electrons. The van der Waals surface area contributed by atoms with Crippen molar-refractivity contribution in [3.05, 3.63) is 84.8 Å². The van der Waals surface area contributed by atoms with E-state index in [9.17, 15) is 9.90 Å². The fourth-order valence-electron chi connectivity index (χ4n) is 5.31. The number of benzene rings is 2. The number of hydrogen-bond acceptors (Lipinski definition) is 3. The van der Waals surface area contributed by atoms with Crippen LogP contribution in [0.4, 0.5) is 4.79 Å². The summed E-state index contributed by atoms with van der Waals surface area (Å²) >= 11 is 0. The standard InChI is InChI=1S/C31H43NO4Si/c1-24(28(27-19-14-21-35-27)32(29(33)34)23-30(2,3)4)20-22-36-37(31(5,6)7,25-15-10-8-11-16-25)26-17-12-9-13-18-26/h8-19,21,24,28H,20,22-23H2,1-7H3,(H,33,34)/t24-,28+/m1/s1. The van der Waals surface area contributed by atoms with Crippen LogP contribution in [0.1, 0.15) is 66.7 Å². The molecule has 6 heteroatoms. The second-order valence-electron chi connectivity index (χ2n) is 12.2. The van der Waals surface area contributed by atoms with Crippen LogP contribution in [0, 0.1) is 11.3 Å². The third-order valence-electron chi connectivity index (χ3n) is 6.91. The van der Waals surface area contributed by atoms with Gasteiger partial charge in [-0.2, -0.15) is 0 Å². The summed E-state index contributed by atoms with van der Waals surface area (Å²) in [5.74, 6) is 0.660. The predicted molar refractivity (Wildman–Crippen MR) is 153 cm³/mol. The molecule has 1 N–H and O–H groups in total. The Morgan fingerprint density at radius 2 is 1.46 bits per heavy atom. The van der Waals surface area contributed by atoms with Crippen molar-refractivity contribution in [1.82, 2.24) is 4.90 Å². The highest BCUT2D eigenvalue weighted by Gasteiger charge is 2.50. The molecule has 0 unspecified atom stereocenters. The molecule has 0 aliphatic carbocycles. The Morgan fingerprint density at radius 1 is 0.919 bits per heavy atom. The van der Waals surface area contributed by atoms with Crippen molar-refractivity contribution in [2.75, 3.05) is 13.2 Å². The van der Waals surface area contributed by atoms with Crippen molar-refractivity contribution in [3.63, 3.8) is 0 Å². The van der Waals surface area contributed by atoms with E-state index in [0.717, 1.165) is 0 Å². The first-order valence-corrected chi connectivity index (χ1v) is 15.1. The summed E-state index contributed by atoms with van der Waals surface area (Å²) in [6.07, 6.45) is 1.38. The number of amides is 1. The SMILES string of the molecule is C[C@H](CCO[Si](c1ccccc1)(c1ccccc1)C(C)(C)C)[C@@H](c1ccco1)N(CC(C)(C)C)C(=O)O. The molecule has 1 amide bonds. The molecule has 0 aliphatic rings. The third-order valence-corrected chi connectivity index (χ3v) is 12.0. The van der Waals surface area contributed by atoms with Crippen LogP contribution in [0.5, 0.6) is 0 Å². The van der Waals surface area contributed by atoms with Gasteiger partial charge >= 0.3 is 6.09 Å². The van der Waals surface area contributed by atoms with Crippen LogP contribution in [0.3, 0.4) is 0 Å². The Kier molecular flexibility index (Phi) is 9.08. The molecule has 37 heavy (non-hydrogen) atoms. The van der Waals surface area contributed by atoms with Gasteiger partial charge in [-0.25, -0.2) is 4.79 Å². The van der Waals surface area contributed by atoms with Gasteiger partial charge in [-0.15, -0.1) is 0 Å². The van der Waals surface area contributed by atoms with Crippen molar-refractivity contribution < 1.29 is 18.7 Å². The van der Waals surface area contributed by atoms with Crippen LogP contribution in [0.15, 0.2) is 83.5 Å². The van der Waals surface area contributed by atoms with E-state index in [4.69, 9.17) is 8.84 Å². The summed E-state index contributed by atoms with van der Waals surface area (Å²) < 4.78 is 12.9. The van der Waals surface area contributed by atoms with Crippen molar-refractivity contribution in [1.29, 1.82) is 0 Å². The van der Waals surface area contributed by atoms with Gasteiger partial charge in [0.15, 0.2) is 0 Å². The Hall–Kier alpha value is -2.83. The smallest absolute Gasteiger partial charge is 0.407 e. The molecule has 3 rings (SSSR count). The van der Waals surface area contributed by atoms with E-state index in [1.165, 1.54) is 15.3 Å². The zero-order chi connectivity index (χ0) is 27.3. The Labute approximate surface area is 223 Å². The first-order chi connectivity index (χ1) is 17.4. The molecule has 1 aromatic heterocycles. The molecule has 2 atom stereocenters. The van der Waals surface area contributed by atoms with Gasteiger partial charge in [0.2, 0.25) is 0 Å². The maximum Gasteiger partial charge on any atom is 0.407 e. The highest BCUT2D eigenvalue weighted by Crippen LogP contribution is 2.38. The zero-order valence-corrected chi connectivity index (χ0v) is 24.4. The summed E-state index contributed by atoms with van der Waals surface area (Å²) in [7, 11) is -2.66. The lowest BCUT2D eigenvalue weighted by Crippen LogP contribution is -2.66. The van der Waals surface area contributed by atoms with Crippen LogP contribution in [-0.2, 0) is 4.43 Å². The Morgan fingerprint density at radius 3 is 1.86 bits per heavy atom. The molecule has 0 spiro atoms. The maximum absolute atomic E-state index is 12.4. The minimum Gasteiger partial charge on any atom is -0.467 e. The fourth-order valence-corrected chi connectivity index (χ4v) is 9.89. The third kappa shape index (κ3) is 6.73. The topological polar surface area (TPSA) is 62.9 Å². The monoisotopic (exact) mass is 521 g/mol. The highest BCUT2D eigenvalue weighted by atomic mass is 28.4. The number of hydrogen-bond donors (Lipinski definition) is 1. The number of rotatable bonds is 10. The van der Waals surface area contributed by atoms with Gasteiger partial charge in [-0.05, 0) is 45.3 Å². The number of nitrogens with zero attached hydrogens (tertiary/aromatic N) is 1. The van der Waals surface area contributed by atoms with Crippen molar-refractivity contribution >= 4 is 24.8 Å². The zero-order valence-electron chi connectivity index (χ0n) is 23.4. The first kappa shape index (κ1) is 28.7. The molecule has 0 saturated carbocycles. The van der Waals surface area contributed by atoms with Gasteiger partial charge < -0.3 is 13.9 Å². The minimum absolute atomic E-state index is 0.0113. The second-order valence-corrected chi connectivity index (χ2v) is 16.5. The number of carboxylic acid groups (broad SMARTS) is 1. The maximum atomic E-state index is 12.4. The normalized spacial score (nSPS) is 14.2. The van der Waals surface area contributed by atoms with Gasteiger partial charge in [0, 0.05) is 13.2 Å². The molecule has 0 saturated heterocycles. The van der Waals surface area contributed by atoms with Gasteiger partial charge in [-0.1, -0.05) is 109 Å². The second kappa shape index (κ2) is 11.7. The minimum atomic E-state index is -2.66. The van der Waals surface area contributed by atoms with Gasteiger partial charge in [-0.3, -0.25) is 4.90 Å². The van der Waals surface area contributed by atoms with E-state index >= 15 is 0 Å². The van der Waals surface area contributed by atoms with E-state index in [0.29, 0.717) is 25.3 Å². The molecule has 0 radical (unpaired) electrons. The van der Waals surface area contributed by atoms with E-state index < -0.39 is 20.5 Å². The summed E-state index contributed by atoms with van der Waals surface area (Å²) in [4.78, 5) is 13.9. The van der Waals surface area contributed by atoms with Gasteiger partial charge in [0.25, 0.3) is 8.32 Å². The lowest BCUT2D eigenvalue weighted by atomic mass is 9.91. The average molecular weight is 522 g/mol. The van der Waals surface area contributed by atoms with Crippen LogP contribution in [-0.4, -0.2) is 37.6 Å². The van der Waals surface area contributed by atoms with Crippen LogP contribution < -0.4 is 10.4 Å².